The highest BCUT2D eigenvalue weighted by molar-refractivity contribution is 4.91. The van der Waals surface area contributed by atoms with Gasteiger partial charge in [0.05, 0.1) is 12.2 Å². The van der Waals surface area contributed by atoms with Crippen molar-refractivity contribution in [2.45, 2.75) is 102 Å². The fourth-order valence-electron chi connectivity index (χ4n) is 3.10. The molecule has 0 radical (unpaired) electrons. The van der Waals surface area contributed by atoms with Crippen molar-refractivity contribution < 1.29 is 15.3 Å². The molecule has 0 aromatic rings. The Hall–Kier alpha value is -0.160. The highest BCUT2D eigenvalue weighted by Crippen LogP contribution is 2.17. The maximum atomic E-state index is 9.88. The normalized spacial score (nSPS) is 29.7. The molecule has 1 rings (SSSR count). The zero-order chi connectivity index (χ0) is 15.5. The van der Waals surface area contributed by atoms with Gasteiger partial charge in [-0.15, -0.1) is 0 Å². The van der Waals surface area contributed by atoms with Crippen LogP contribution < -0.4 is 5.32 Å². The van der Waals surface area contributed by atoms with E-state index in [1.165, 1.54) is 57.8 Å². The third-order valence-electron chi connectivity index (χ3n) is 4.61. The number of hydrogen-bond acceptors (Lipinski definition) is 4. The molecule has 0 spiro atoms. The number of rotatable bonds is 11. The van der Waals surface area contributed by atoms with Crippen molar-refractivity contribution in [3.63, 3.8) is 0 Å². The van der Waals surface area contributed by atoms with Crippen molar-refractivity contribution in [1.82, 2.24) is 5.32 Å². The molecule has 4 heteroatoms. The summed E-state index contributed by atoms with van der Waals surface area (Å²) >= 11 is 0. The van der Waals surface area contributed by atoms with E-state index in [2.05, 4.69) is 12.2 Å². The van der Waals surface area contributed by atoms with Crippen LogP contribution in [0.5, 0.6) is 0 Å². The van der Waals surface area contributed by atoms with Crippen molar-refractivity contribution in [1.29, 1.82) is 0 Å². The minimum Gasteiger partial charge on any atom is -0.389 e. The predicted octanol–water partition coefficient (Wildman–Crippen LogP) is 2.35. The molecule has 0 aromatic heterocycles. The van der Waals surface area contributed by atoms with Crippen LogP contribution >= 0.6 is 0 Å². The smallest absolute Gasteiger partial charge is 0.108 e. The molecule has 0 saturated carbocycles. The average Bonchev–Trinajstić information content (AvgIpc) is 2.49. The van der Waals surface area contributed by atoms with Crippen molar-refractivity contribution in [2.24, 2.45) is 0 Å². The van der Waals surface area contributed by atoms with E-state index >= 15 is 0 Å². The summed E-state index contributed by atoms with van der Waals surface area (Å²) in [5.41, 5.74) is 0. The standard InChI is InChI=1S/C17H35NO3/c1-2-3-4-5-6-7-8-9-10-11-12-14-16(20)17(21)15(19)13-18-14/h14-21H,2-13H2,1H3/t14-,15+,16+,17+/m0/s1. The highest BCUT2D eigenvalue weighted by atomic mass is 16.4. The molecule has 0 bridgehead atoms. The lowest BCUT2D eigenvalue weighted by molar-refractivity contribution is -0.0952. The quantitative estimate of drug-likeness (QED) is 0.442. The van der Waals surface area contributed by atoms with Crippen LogP contribution in [0.1, 0.15) is 77.6 Å². The van der Waals surface area contributed by atoms with Crippen molar-refractivity contribution in [3.8, 4) is 0 Å². The minimum atomic E-state index is -1.00. The lowest BCUT2D eigenvalue weighted by Gasteiger charge is -2.36. The van der Waals surface area contributed by atoms with Crippen LogP contribution in [0.3, 0.4) is 0 Å². The van der Waals surface area contributed by atoms with Gasteiger partial charge in [-0.25, -0.2) is 0 Å². The lowest BCUT2D eigenvalue weighted by atomic mass is 9.92. The van der Waals surface area contributed by atoms with Crippen LogP contribution in [0.4, 0.5) is 0 Å². The van der Waals surface area contributed by atoms with Gasteiger partial charge in [0.25, 0.3) is 0 Å². The van der Waals surface area contributed by atoms with Gasteiger partial charge in [-0.2, -0.15) is 0 Å². The molecule has 126 valence electrons. The average molecular weight is 301 g/mol. The summed E-state index contributed by atoms with van der Waals surface area (Å²) in [7, 11) is 0. The largest absolute Gasteiger partial charge is 0.389 e. The first kappa shape index (κ1) is 18.9. The molecule has 1 aliphatic heterocycles. The maximum absolute atomic E-state index is 9.88. The molecule has 1 heterocycles. The Morgan fingerprint density at radius 2 is 1.29 bits per heavy atom. The zero-order valence-corrected chi connectivity index (χ0v) is 13.6. The Morgan fingerprint density at radius 3 is 1.86 bits per heavy atom. The summed E-state index contributed by atoms with van der Waals surface area (Å²) in [6.07, 6.45) is 11.2. The van der Waals surface area contributed by atoms with Gasteiger partial charge in [0.1, 0.15) is 6.10 Å². The monoisotopic (exact) mass is 301 g/mol. The molecule has 4 atom stereocenters. The van der Waals surface area contributed by atoms with Gasteiger partial charge in [0.15, 0.2) is 0 Å². The third kappa shape index (κ3) is 7.59. The SMILES string of the molecule is CCCCCCCCCCCC[C@@H]1NC[C@@H](O)[C@@H](O)[C@@H]1O. The topological polar surface area (TPSA) is 72.7 Å². The number of nitrogens with one attached hydrogen (secondary N) is 1. The van der Waals surface area contributed by atoms with E-state index in [-0.39, 0.29) is 6.04 Å². The van der Waals surface area contributed by atoms with Gasteiger partial charge in [0.2, 0.25) is 0 Å². The Kier molecular flexibility index (Phi) is 10.3. The van der Waals surface area contributed by atoms with E-state index in [0.717, 1.165) is 12.8 Å². The molecule has 1 saturated heterocycles. The molecule has 0 aromatic carbocycles. The van der Waals surface area contributed by atoms with Gasteiger partial charge in [-0.3, -0.25) is 0 Å². The molecule has 0 unspecified atom stereocenters. The molecule has 21 heavy (non-hydrogen) atoms. The fourth-order valence-corrected chi connectivity index (χ4v) is 3.10. The molecule has 4 N–H and O–H groups in total. The summed E-state index contributed by atoms with van der Waals surface area (Å²) < 4.78 is 0. The summed E-state index contributed by atoms with van der Waals surface area (Å²) in [4.78, 5) is 0. The van der Waals surface area contributed by atoms with Gasteiger partial charge < -0.3 is 20.6 Å². The lowest BCUT2D eigenvalue weighted by Crippen LogP contribution is -2.59. The maximum Gasteiger partial charge on any atom is 0.108 e. The van der Waals surface area contributed by atoms with E-state index in [1.54, 1.807) is 0 Å². The second kappa shape index (κ2) is 11.4. The first-order chi connectivity index (χ1) is 10.2. The first-order valence-corrected chi connectivity index (χ1v) is 8.94. The zero-order valence-electron chi connectivity index (χ0n) is 13.6. The molecule has 1 fully saturated rings. The first-order valence-electron chi connectivity index (χ1n) is 8.94. The van der Waals surface area contributed by atoms with Gasteiger partial charge >= 0.3 is 0 Å². The van der Waals surface area contributed by atoms with Crippen LogP contribution in [0.2, 0.25) is 0 Å². The number of aliphatic hydroxyl groups excluding tert-OH is 3. The molecule has 0 amide bonds. The Labute approximate surface area is 130 Å². The number of hydrogen-bond donors (Lipinski definition) is 4. The minimum absolute atomic E-state index is 0.0718. The number of piperidine rings is 1. The van der Waals surface area contributed by atoms with Crippen LogP contribution in [0.25, 0.3) is 0 Å². The second-order valence-corrected chi connectivity index (χ2v) is 6.53. The van der Waals surface area contributed by atoms with E-state index in [1.807, 2.05) is 0 Å². The van der Waals surface area contributed by atoms with Crippen LogP contribution in [0.15, 0.2) is 0 Å². The summed E-state index contributed by atoms with van der Waals surface area (Å²) in [5, 5.41) is 32.1. The predicted molar refractivity (Wildman–Crippen MR) is 86.3 cm³/mol. The fraction of sp³-hybridized carbons (Fsp3) is 1.00. The Balaban J connectivity index is 1.92. The van der Waals surface area contributed by atoms with E-state index in [9.17, 15) is 15.3 Å². The van der Waals surface area contributed by atoms with E-state index < -0.39 is 18.3 Å². The summed E-state index contributed by atoms with van der Waals surface area (Å²) in [5.74, 6) is 0. The number of aliphatic hydroxyl groups is 3. The third-order valence-corrected chi connectivity index (χ3v) is 4.61. The highest BCUT2D eigenvalue weighted by Gasteiger charge is 2.35. The van der Waals surface area contributed by atoms with Gasteiger partial charge in [-0.05, 0) is 6.42 Å². The molecular weight excluding hydrogens is 266 g/mol. The molecular formula is C17H35NO3. The Bertz CT molecular complexity index is 250. The van der Waals surface area contributed by atoms with Crippen molar-refractivity contribution in [2.75, 3.05) is 6.54 Å². The van der Waals surface area contributed by atoms with Crippen LogP contribution in [-0.2, 0) is 0 Å². The summed E-state index contributed by atoms with van der Waals surface area (Å²) in [6, 6.07) is -0.0718. The second-order valence-electron chi connectivity index (χ2n) is 6.53. The van der Waals surface area contributed by atoms with E-state index in [4.69, 9.17) is 0 Å². The van der Waals surface area contributed by atoms with Gasteiger partial charge in [0, 0.05) is 12.6 Å². The number of unbranched alkanes of at least 4 members (excludes halogenated alkanes) is 9. The molecule has 4 nitrogen and oxygen atoms in total. The van der Waals surface area contributed by atoms with Crippen molar-refractivity contribution >= 4 is 0 Å². The van der Waals surface area contributed by atoms with Gasteiger partial charge in [-0.1, -0.05) is 71.1 Å². The van der Waals surface area contributed by atoms with E-state index in [0.29, 0.717) is 6.54 Å². The number of β-amino-alcohol motifs (C(OH)–C–C–N with tert-alkyl or cyclic N) is 1. The van der Waals surface area contributed by atoms with Crippen LogP contribution in [0, 0.1) is 0 Å². The van der Waals surface area contributed by atoms with Crippen molar-refractivity contribution in [3.05, 3.63) is 0 Å². The van der Waals surface area contributed by atoms with Crippen LogP contribution in [-0.4, -0.2) is 46.2 Å². The Morgan fingerprint density at radius 1 is 0.762 bits per heavy atom. The molecule has 0 aliphatic carbocycles. The molecule has 1 aliphatic rings. The summed E-state index contributed by atoms with van der Waals surface area (Å²) in [6.45, 7) is 2.62.